The van der Waals surface area contributed by atoms with Gasteiger partial charge in [0.25, 0.3) is 0 Å². The van der Waals surface area contributed by atoms with E-state index in [1.165, 1.54) is 13.4 Å². The van der Waals surface area contributed by atoms with E-state index in [-0.39, 0.29) is 28.7 Å². The summed E-state index contributed by atoms with van der Waals surface area (Å²) in [5, 5.41) is 0.177. The third kappa shape index (κ3) is 4.52. The molecule has 3 rings (SSSR count). The van der Waals surface area contributed by atoms with Gasteiger partial charge < -0.3 is 24.4 Å². The van der Waals surface area contributed by atoms with E-state index in [0.717, 1.165) is 0 Å². The van der Waals surface area contributed by atoms with E-state index in [0.29, 0.717) is 30.0 Å². The largest absolute Gasteiger partial charge is 0.460 e. The number of rotatable bonds is 5. The molecule has 2 aromatic rings. The number of ether oxygens (including phenoxy) is 3. The van der Waals surface area contributed by atoms with Crippen LogP contribution in [0.5, 0.6) is 0 Å². The van der Waals surface area contributed by atoms with Crippen LogP contribution in [0.2, 0.25) is 18.1 Å². The second-order valence-electron chi connectivity index (χ2n) is 8.63. The SMILES string of the molecule is COC(=S)OC1CC(n2cnc3c(N)ncnc32)OC1CO[Si](C)(C)C(C)(C)C. The Bertz CT molecular complexity index is 885. The number of thiocarbonyl (C=S) groups is 1. The van der Waals surface area contributed by atoms with E-state index in [1.807, 2.05) is 4.57 Å². The van der Waals surface area contributed by atoms with E-state index >= 15 is 0 Å². The van der Waals surface area contributed by atoms with Gasteiger partial charge >= 0.3 is 5.24 Å². The molecule has 29 heavy (non-hydrogen) atoms. The fourth-order valence-corrected chi connectivity index (χ4v) is 4.04. The predicted molar refractivity (Wildman–Crippen MR) is 116 cm³/mol. The Balaban J connectivity index is 1.81. The normalized spacial score (nSPS) is 22.8. The molecule has 9 nitrogen and oxygen atoms in total. The molecule has 11 heteroatoms. The third-order valence-electron chi connectivity index (χ3n) is 5.71. The summed E-state index contributed by atoms with van der Waals surface area (Å²) in [5.74, 6) is 0.331. The first-order chi connectivity index (χ1) is 13.5. The summed E-state index contributed by atoms with van der Waals surface area (Å²) in [6.07, 6.45) is 2.66. The summed E-state index contributed by atoms with van der Waals surface area (Å²) in [6, 6.07) is 0. The zero-order chi connectivity index (χ0) is 21.4. The molecule has 0 spiro atoms. The van der Waals surface area contributed by atoms with Crippen LogP contribution in [-0.4, -0.2) is 59.0 Å². The van der Waals surface area contributed by atoms with Crippen molar-refractivity contribution in [3.05, 3.63) is 12.7 Å². The molecule has 0 radical (unpaired) electrons. The van der Waals surface area contributed by atoms with Gasteiger partial charge in [0.15, 0.2) is 19.8 Å². The van der Waals surface area contributed by atoms with E-state index in [4.69, 9.17) is 36.6 Å². The highest BCUT2D eigenvalue weighted by Gasteiger charge is 2.43. The topological polar surface area (TPSA) is 107 Å². The summed E-state index contributed by atoms with van der Waals surface area (Å²) >= 11 is 5.11. The van der Waals surface area contributed by atoms with Crippen molar-refractivity contribution in [1.82, 2.24) is 19.5 Å². The van der Waals surface area contributed by atoms with Crippen molar-refractivity contribution in [2.75, 3.05) is 19.5 Å². The molecular formula is C18H29N5O4SSi. The highest BCUT2D eigenvalue weighted by atomic mass is 32.1. The molecule has 160 valence electrons. The van der Waals surface area contributed by atoms with E-state index in [9.17, 15) is 0 Å². The van der Waals surface area contributed by atoms with Crippen LogP contribution in [0.4, 0.5) is 5.82 Å². The van der Waals surface area contributed by atoms with Crippen LogP contribution in [0.15, 0.2) is 12.7 Å². The smallest absolute Gasteiger partial charge is 0.352 e. The van der Waals surface area contributed by atoms with Crippen molar-refractivity contribution in [3.8, 4) is 0 Å². The number of fused-ring (bicyclic) bond motifs is 1. The molecule has 0 aliphatic carbocycles. The number of aromatic nitrogens is 4. The van der Waals surface area contributed by atoms with Gasteiger partial charge in [-0.3, -0.25) is 4.57 Å². The number of hydrogen-bond acceptors (Lipinski definition) is 9. The molecular weight excluding hydrogens is 410 g/mol. The summed E-state index contributed by atoms with van der Waals surface area (Å²) < 4.78 is 25.4. The maximum atomic E-state index is 6.37. The van der Waals surface area contributed by atoms with Crippen LogP contribution < -0.4 is 5.73 Å². The van der Waals surface area contributed by atoms with Gasteiger partial charge in [0.2, 0.25) is 0 Å². The lowest BCUT2D eigenvalue weighted by atomic mass is 10.2. The fraction of sp³-hybridized carbons (Fsp3) is 0.667. The zero-order valence-corrected chi connectivity index (χ0v) is 19.5. The van der Waals surface area contributed by atoms with Crippen LogP contribution in [0.25, 0.3) is 11.2 Å². The number of hydrogen-bond donors (Lipinski definition) is 1. The fourth-order valence-electron chi connectivity index (χ4n) is 2.90. The minimum absolute atomic E-state index is 0.0821. The molecule has 0 amide bonds. The first-order valence-corrected chi connectivity index (χ1v) is 12.8. The molecule has 0 saturated carbocycles. The van der Waals surface area contributed by atoms with E-state index < -0.39 is 8.32 Å². The lowest BCUT2D eigenvalue weighted by Crippen LogP contribution is -2.44. The average Bonchev–Trinajstić information content (AvgIpc) is 3.23. The summed E-state index contributed by atoms with van der Waals surface area (Å²) in [4.78, 5) is 12.6. The zero-order valence-electron chi connectivity index (χ0n) is 17.7. The Hall–Kier alpha value is -1.82. The van der Waals surface area contributed by atoms with E-state index in [2.05, 4.69) is 48.8 Å². The maximum Gasteiger partial charge on any atom is 0.352 e. The monoisotopic (exact) mass is 439 g/mol. The standard InChI is InChI=1S/C18H29N5O4SSi/c1-18(2,3)29(5,6)25-8-12-11(27-17(28)24-4)7-13(26-12)23-10-22-14-15(19)20-9-21-16(14)23/h9-13H,7-8H2,1-6H3,(H2,19,20,21). The lowest BCUT2D eigenvalue weighted by Gasteiger charge is -2.37. The van der Waals surface area contributed by atoms with Crippen LogP contribution in [0.1, 0.15) is 33.4 Å². The second-order valence-corrected chi connectivity index (χ2v) is 13.8. The minimum atomic E-state index is -1.95. The Labute approximate surface area is 177 Å². The number of nitrogens with two attached hydrogens (primary N) is 1. The maximum absolute atomic E-state index is 6.37. The summed E-state index contributed by atoms with van der Waals surface area (Å²) in [6.45, 7) is 11.4. The van der Waals surface area contributed by atoms with Gasteiger partial charge in [0.1, 0.15) is 30.3 Å². The van der Waals surface area contributed by atoms with Crippen molar-refractivity contribution in [1.29, 1.82) is 0 Å². The quantitative estimate of drug-likeness (QED) is 0.555. The molecule has 1 fully saturated rings. The van der Waals surface area contributed by atoms with Gasteiger partial charge in [-0.2, -0.15) is 0 Å². The molecule has 3 unspecified atom stereocenters. The number of imidazole rings is 1. The molecule has 1 aliphatic heterocycles. The summed E-state index contributed by atoms with van der Waals surface area (Å²) in [5.41, 5.74) is 7.06. The first-order valence-electron chi connectivity index (χ1n) is 9.50. The molecule has 2 N–H and O–H groups in total. The second kappa shape index (κ2) is 8.13. The Morgan fingerprint density at radius 2 is 2.07 bits per heavy atom. The Morgan fingerprint density at radius 3 is 2.72 bits per heavy atom. The third-order valence-corrected chi connectivity index (χ3v) is 10.5. The average molecular weight is 440 g/mol. The number of methoxy groups -OCH3 is 1. The molecule has 1 aliphatic rings. The molecule has 1 saturated heterocycles. The highest BCUT2D eigenvalue weighted by Crippen LogP contribution is 2.38. The first kappa shape index (κ1) is 21.9. The molecule has 3 atom stereocenters. The van der Waals surface area contributed by atoms with Crippen LogP contribution in [0.3, 0.4) is 0 Å². The molecule has 0 aromatic carbocycles. The van der Waals surface area contributed by atoms with Crippen molar-refractivity contribution in [2.45, 2.75) is 63.8 Å². The van der Waals surface area contributed by atoms with Gasteiger partial charge in [0.05, 0.1) is 20.0 Å². The number of nitrogen functional groups attached to an aromatic ring is 1. The Morgan fingerprint density at radius 1 is 1.34 bits per heavy atom. The van der Waals surface area contributed by atoms with Crippen molar-refractivity contribution >= 4 is 42.8 Å². The van der Waals surface area contributed by atoms with Gasteiger partial charge in [-0.25, -0.2) is 15.0 Å². The van der Waals surface area contributed by atoms with Crippen molar-refractivity contribution in [2.24, 2.45) is 0 Å². The molecule has 3 heterocycles. The molecule has 2 aromatic heterocycles. The van der Waals surface area contributed by atoms with Gasteiger partial charge in [-0.05, 0) is 18.1 Å². The van der Waals surface area contributed by atoms with Gasteiger partial charge in [-0.15, -0.1) is 0 Å². The Kier molecular flexibility index (Phi) is 6.13. The molecule has 0 bridgehead atoms. The predicted octanol–water partition coefficient (Wildman–Crippen LogP) is 3.03. The van der Waals surface area contributed by atoms with Crippen LogP contribution in [-0.2, 0) is 18.6 Å². The summed E-state index contributed by atoms with van der Waals surface area (Å²) in [7, 11) is -0.460. The van der Waals surface area contributed by atoms with Gasteiger partial charge in [0, 0.05) is 18.6 Å². The minimum Gasteiger partial charge on any atom is -0.460 e. The van der Waals surface area contributed by atoms with Gasteiger partial charge in [-0.1, -0.05) is 20.8 Å². The number of nitrogens with zero attached hydrogens (tertiary/aromatic N) is 4. The van der Waals surface area contributed by atoms with Crippen molar-refractivity contribution < 1.29 is 18.6 Å². The lowest BCUT2D eigenvalue weighted by molar-refractivity contribution is -0.0411. The highest BCUT2D eigenvalue weighted by molar-refractivity contribution is 7.79. The number of anilines is 1. The van der Waals surface area contributed by atoms with E-state index in [1.54, 1.807) is 6.33 Å². The van der Waals surface area contributed by atoms with Crippen LogP contribution in [0, 0.1) is 0 Å². The van der Waals surface area contributed by atoms with Crippen molar-refractivity contribution in [3.63, 3.8) is 0 Å². The van der Waals surface area contributed by atoms with Crippen LogP contribution >= 0.6 is 12.2 Å².